The van der Waals surface area contributed by atoms with Gasteiger partial charge in [0.25, 0.3) is 0 Å². The smallest absolute Gasteiger partial charge is 0.365 e. The molecule has 0 amide bonds. The van der Waals surface area contributed by atoms with Crippen molar-refractivity contribution >= 4 is 71.2 Å². The number of fused-ring (bicyclic) bond motifs is 8. The fourth-order valence-corrected chi connectivity index (χ4v) is 8.08. The second-order valence-corrected chi connectivity index (χ2v) is 13.9. The Morgan fingerprint density at radius 3 is 1.69 bits per heavy atom. The van der Waals surface area contributed by atoms with Crippen LogP contribution in [0.1, 0.15) is 50.5 Å². The van der Waals surface area contributed by atoms with E-state index in [9.17, 15) is 14.2 Å². The van der Waals surface area contributed by atoms with E-state index in [-0.39, 0.29) is 18.5 Å². The number of rotatable bonds is 9. The molecule has 2 aromatic carbocycles. The van der Waals surface area contributed by atoms with E-state index in [1.54, 1.807) is 44.2 Å². The highest BCUT2D eigenvalue weighted by molar-refractivity contribution is 7.62. The molecule has 7 rings (SSSR count). The Labute approximate surface area is 299 Å². The molecule has 0 saturated carbocycles. The van der Waals surface area contributed by atoms with Gasteiger partial charge < -0.3 is 28.5 Å². The normalized spacial score (nSPS) is 12.2. The summed E-state index contributed by atoms with van der Waals surface area (Å²) in [4.78, 5) is 40.2. The van der Waals surface area contributed by atoms with Gasteiger partial charge in [0.15, 0.2) is 0 Å². The first-order valence-corrected chi connectivity index (χ1v) is 18.3. The minimum absolute atomic E-state index is 0.141. The summed E-state index contributed by atoms with van der Waals surface area (Å²) < 4.78 is 37.1. The number of ether oxygens (including phenoxy) is 2. The minimum atomic E-state index is -3.93. The number of esters is 2. The van der Waals surface area contributed by atoms with Gasteiger partial charge in [-0.3, -0.25) is 14.2 Å². The third-order valence-electron chi connectivity index (χ3n) is 8.23. The molecule has 0 aliphatic carbocycles. The molecule has 0 fully saturated rings. The lowest BCUT2D eigenvalue weighted by Crippen LogP contribution is -2.15. The summed E-state index contributed by atoms with van der Waals surface area (Å²) in [5.41, 5.74) is 8.36. The Morgan fingerprint density at radius 1 is 0.615 bits per heavy atom. The van der Waals surface area contributed by atoms with Crippen LogP contribution in [0.2, 0.25) is 0 Å². The van der Waals surface area contributed by atoms with Crippen LogP contribution in [0.4, 0.5) is 0 Å². The monoisotopic (exact) mass is 714 g/mol. The molecular formula is C40H35N4O7P. The molecule has 2 aliphatic heterocycles. The van der Waals surface area contributed by atoms with Gasteiger partial charge in [-0.15, -0.1) is 0 Å². The fraction of sp³-hybridized carbons (Fsp3) is 0.150. The molecule has 5 aromatic rings. The Hall–Kier alpha value is -5.87. The first-order chi connectivity index (χ1) is 25.1. The van der Waals surface area contributed by atoms with E-state index < -0.39 is 19.5 Å². The molecule has 12 heteroatoms. The lowest BCUT2D eigenvalue weighted by atomic mass is 10.0. The summed E-state index contributed by atoms with van der Waals surface area (Å²) in [7, 11) is -3.93. The van der Waals surface area contributed by atoms with Crippen molar-refractivity contribution in [1.82, 2.24) is 19.9 Å². The molecule has 8 bridgehead atoms. The maximum Gasteiger partial charge on any atom is 0.365 e. The zero-order valence-corrected chi connectivity index (χ0v) is 29.8. The number of aromatic nitrogens is 4. The zero-order chi connectivity index (χ0) is 36.4. The quantitative estimate of drug-likeness (QED) is 0.0852. The molecule has 11 nitrogen and oxygen atoms in total. The van der Waals surface area contributed by atoms with E-state index in [1.165, 1.54) is 13.8 Å². The highest BCUT2D eigenvalue weighted by atomic mass is 31.2. The van der Waals surface area contributed by atoms with Gasteiger partial charge in [0, 0.05) is 41.5 Å². The molecule has 5 heterocycles. The van der Waals surface area contributed by atoms with E-state index in [0.717, 1.165) is 39.0 Å². The van der Waals surface area contributed by atoms with Crippen LogP contribution in [0.3, 0.4) is 0 Å². The summed E-state index contributed by atoms with van der Waals surface area (Å²) in [6.07, 6.45) is 7.54. The second kappa shape index (κ2) is 14.4. The highest BCUT2D eigenvalue weighted by Crippen LogP contribution is 2.49. The van der Waals surface area contributed by atoms with Crippen LogP contribution in [0, 0.1) is 0 Å². The van der Waals surface area contributed by atoms with Gasteiger partial charge in [-0.25, -0.2) is 9.97 Å². The summed E-state index contributed by atoms with van der Waals surface area (Å²) in [5, 5.41) is 0.284. The first-order valence-electron chi connectivity index (χ1n) is 16.7. The number of hydrogen-bond acceptors (Lipinski definition) is 9. The minimum Gasteiger partial charge on any atom is -0.427 e. The average molecular weight is 715 g/mol. The molecule has 0 atom stereocenters. The number of nitrogens with zero attached hydrogens (tertiary/aromatic N) is 2. The van der Waals surface area contributed by atoms with Crippen molar-refractivity contribution in [2.75, 3.05) is 13.2 Å². The van der Waals surface area contributed by atoms with Crippen LogP contribution >= 0.6 is 7.60 Å². The maximum absolute atomic E-state index is 14.7. The van der Waals surface area contributed by atoms with Gasteiger partial charge in [0.2, 0.25) is 0 Å². The van der Waals surface area contributed by atoms with Gasteiger partial charge in [0.1, 0.15) is 16.8 Å². The van der Waals surface area contributed by atoms with Crippen molar-refractivity contribution in [2.45, 2.75) is 27.7 Å². The van der Waals surface area contributed by atoms with Crippen LogP contribution < -0.4 is 14.8 Å². The second-order valence-electron chi connectivity index (χ2n) is 11.9. The number of nitrogens with one attached hydrogen (secondary N) is 2. The molecule has 3 aromatic heterocycles. The van der Waals surface area contributed by atoms with Crippen molar-refractivity contribution in [2.24, 2.45) is 0 Å². The van der Waals surface area contributed by atoms with E-state index in [4.69, 9.17) is 28.5 Å². The molecule has 262 valence electrons. The molecule has 2 N–H and O–H groups in total. The molecule has 0 radical (unpaired) electrons. The fourth-order valence-electron chi connectivity index (χ4n) is 6.24. The van der Waals surface area contributed by atoms with Gasteiger partial charge in [-0.2, -0.15) is 0 Å². The maximum atomic E-state index is 14.7. The van der Waals surface area contributed by atoms with Crippen molar-refractivity contribution in [1.29, 1.82) is 0 Å². The molecule has 52 heavy (non-hydrogen) atoms. The SMILES string of the molecule is CCOP(=O)(OCC)c1c2nc(c(-c3ccc(OC(C)=O)cc3)c3ccc(cc4nc(c(-c5ccc(OC(C)=O)cc5)c5ccc1[nH]5)C=C4)[nH]3)C=C2. The summed E-state index contributed by atoms with van der Waals surface area (Å²) >= 11 is 0. The summed E-state index contributed by atoms with van der Waals surface area (Å²) in [6.45, 7) is 6.52. The number of hydrogen-bond donors (Lipinski definition) is 2. The van der Waals surface area contributed by atoms with E-state index >= 15 is 0 Å². The average Bonchev–Trinajstić information content (AvgIpc) is 3.93. The first kappa shape index (κ1) is 34.6. The third kappa shape index (κ3) is 7.02. The van der Waals surface area contributed by atoms with Crippen LogP contribution in [-0.4, -0.2) is 45.1 Å². The van der Waals surface area contributed by atoms with Crippen LogP contribution in [-0.2, 0) is 23.2 Å². The number of aromatic amines is 2. The van der Waals surface area contributed by atoms with E-state index in [1.807, 2.05) is 72.8 Å². The highest BCUT2D eigenvalue weighted by Gasteiger charge is 2.33. The van der Waals surface area contributed by atoms with Crippen LogP contribution in [0.15, 0.2) is 78.9 Å². The van der Waals surface area contributed by atoms with Crippen LogP contribution in [0.5, 0.6) is 11.5 Å². The van der Waals surface area contributed by atoms with Crippen molar-refractivity contribution in [3.05, 3.63) is 102 Å². The zero-order valence-electron chi connectivity index (χ0n) is 28.9. The van der Waals surface area contributed by atoms with Crippen molar-refractivity contribution < 1.29 is 32.7 Å². The molecule has 0 saturated heterocycles. The number of benzene rings is 2. The number of H-pyrrole nitrogens is 2. The largest absolute Gasteiger partial charge is 0.427 e. The molecule has 0 spiro atoms. The Morgan fingerprint density at radius 2 is 1.12 bits per heavy atom. The number of carbonyl (C=O) groups excluding carboxylic acids is 2. The lowest BCUT2D eigenvalue weighted by molar-refractivity contribution is -0.132. The third-order valence-corrected chi connectivity index (χ3v) is 10.4. The standard InChI is InChI=1S/C40H35N4O7P/c1-5-48-52(47,49-6-2)40-36-21-19-34(43-36)38(26-7-13-30(14-8-26)50-24(3)45)32-17-11-28(41-32)23-29-12-18-33(42-29)39(35-20-22-37(40)44-35)27-9-15-31(16-10-27)51-25(4)46/h7-23,41,44H,5-6H2,1-4H3. The van der Waals surface area contributed by atoms with Gasteiger partial charge in [0.05, 0.1) is 41.5 Å². The predicted octanol–water partition coefficient (Wildman–Crippen LogP) is 8.73. The summed E-state index contributed by atoms with van der Waals surface area (Å²) in [6, 6.07) is 24.0. The topological polar surface area (TPSA) is 145 Å². The number of carbonyl (C=O) groups is 2. The Balaban J connectivity index is 1.57. The van der Waals surface area contributed by atoms with Gasteiger partial charge >= 0.3 is 19.5 Å². The lowest BCUT2D eigenvalue weighted by Gasteiger charge is -2.18. The Bertz CT molecular complexity index is 2410. The van der Waals surface area contributed by atoms with Gasteiger partial charge in [-0.1, -0.05) is 24.3 Å². The van der Waals surface area contributed by atoms with Gasteiger partial charge in [-0.05, 0) is 104 Å². The molecular weight excluding hydrogens is 679 g/mol. The van der Waals surface area contributed by atoms with Crippen molar-refractivity contribution in [3.63, 3.8) is 0 Å². The van der Waals surface area contributed by atoms with Crippen LogP contribution in [0.25, 0.3) is 68.6 Å². The summed E-state index contributed by atoms with van der Waals surface area (Å²) in [5.74, 6) is 0.0196. The van der Waals surface area contributed by atoms with E-state index in [0.29, 0.717) is 39.6 Å². The molecule has 0 unspecified atom stereocenters. The van der Waals surface area contributed by atoms with Crippen molar-refractivity contribution in [3.8, 4) is 33.8 Å². The molecule has 2 aliphatic rings. The Kier molecular flexibility index (Phi) is 9.57. The van der Waals surface area contributed by atoms with E-state index in [2.05, 4.69) is 9.97 Å². The predicted molar refractivity (Wildman–Crippen MR) is 203 cm³/mol.